The van der Waals surface area contributed by atoms with Gasteiger partial charge in [-0.2, -0.15) is 0 Å². The molecule has 1 aliphatic heterocycles. The second-order valence-corrected chi connectivity index (χ2v) is 8.86. The van der Waals surface area contributed by atoms with Crippen molar-refractivity contribution in [3.63, 3.8) is 0 Å². The molecule has 1 heterocycles. The van der Waals surface area contributed by atoms with Crippen molar-refractivity contribution in [2.24, 2.45) is 23.7 Å². The van der Waals surface area contributed by atoms with E-state index in [9.17, 15) is 4.79 Å². The van der Waals surface area contributed by atoms with Gasteiger partial charge >= 0.3 is 0 Å². The number of likely N-dealkylation sites (tertiary alicyclic amines) is 1. The van der Waals surface area contributed by atoms with Crippen LogP contribution in [0.1, 0.15) is 58.3 Å². The Morgan fingerprint density at radius 3 is 2.10 bits per heavy atom. The lowest BCUT2D eigenvalue weighted by molar-refractivity contribution is -0.898. The highest BCUT2D eigenvalue weighted by atomic mass is 16.2. The lowest BCUT2D eigenvalue weighted by atomic mass is 9.53. The molecule has 3 heteroatoms. The van der Waals surface area contributed by atoms with Gasteiger partial charge in [0, 0.05) is 5.54 Å². The SMILES string of the molecule is CC1CC[NH+](CC(=O)NC23CC4CC(CC(C4)C2)C3)CC1. The van der Waals surface area contributed by atoms with Crippen molar-refractivity contribution in [2.75, 3.05) is 19.6 Å². The highest BCUT2D eigenvalue weighted by Gasteiger charge is 2.51. The lowest BCUT2D eigenvalue weighted by Crippen LogP contribution is -3.14. The van der Waals surface area contributed by atoms with Gasteiger partial charge in [0.2, 0.25) is 0 Å². The van der Waals surface area contributed by atoms with Crippen molar-refractivity contribution in [2.45, 2.75) is 63.8 Å². The predicted molar refractivity (Wildman–Crippen MR) is 83.0 cm³/mol. The van der Waals surface area contributed by atoms with Gasteiger partial charge in [0.1, 0.15) is 0 Å². The summed E-state index contributed by atoms with van der Waals surface area (Å²) in [4.78, 5) is 14.1. The Hall–Kier alpha value is -0.570. The average molecular weight is 291 g/mol. The van der Waals surface area contributed by atoms with Crippen LogP contribution < -0.4 is 10.2 Å². The Bertz CT molecular complexity index is 376. The molecule has 5 rings (SSSR count). The van der Waals surface area contributed by atoms with Crippen LogP contribution in [-0.4, -0.2) is 31.1 Å². The second kappa shape index (κ2) is 5.26. The third-order valence-electron chi connectivity index (χ3n) is 6.83. The minimum Gasteiger partial charge on any atom is -0.346 e. The molecule has 0 aromatic carbocycles. The summed E-state index contributed by atoms with van der Waals surface area (Å²) < 4.78 is 0. The Morgan fingerprint density at radius 1 is 1.05 bits per heavy atom. The zero-order valence-corrected chi connectivity index (χ0v) is 13.5. The van der Waals surface area contributed by atoms with Crippen molar-refractivity contribution in [3.8, 4) is 0 Å². The van der Waals surface area contributed by atoms with Crippen LogP contribution in [0.4, 0.5) is 0 Å². The molecule has 3 nitrogen and oxygen atoms in total. The number of carbonyl (C=O) groups is 1. The molecule has 0 radical (unpaired) electrons. The van der Waals surface area contributed by atoms with E-state index < -0.39 is 0 Å². The minimum absolute atomic E-state index is 0.203. The monoisotopic (exact) mass is 291 g/mol. The predicted octanol–water partition coefficient (Wildman–Crippen LogP) is 1.39. The normalized spacial score (nSPS) is 48.3. The van der Waals surface area contributed by atoms with Crippen LogP contribution in [-0.2, 0) is 4.79 Å². The Kier molecular flexibility index (Phi) is 3.52. The number of hydrogen-bond donors (Lipinski definition) is 2. The Morgan fingerprint density at radius 2 is 1.57 bits per heavy atom. The molecule has 5 aliphatic rings. The number of hydrogen-bond acceptors (Lipinski definition) is 1. The Balaban J connectivity index is 1.34. The summed E-state index contributed by atoms with van der Waals surface area (Å²) >= 11 is 0. The van der Waals surface area contributed by atoms with Gasteiger partial charge in [-0.25, -0.2) is 0 Å². The fourth-order valence-corrected chi connectivity index (χ4v) is 6.18. The van der Waals surface area contributed by atoms with Gasteiger partial charge in [-0.3, -0.25) is 4.79 Å². The first-order valence-electron chi connectivity index (χ1n) is 9.25. The summed E-state index contributed by atoms with van der Waals surface area (Å²) in [5.41, 5.74) is 0.203. The number of nitrogens with one attached hydrogen (secondary N) is 2. The molecule has 0 aromatic heterocycles. The third kappa shape index (κ3) is 2.86. The first kappa shape index (κ1) is 14.0. The van der Waals surface area contributed by atoms with Crippen LogP contribution in [0.3, 0.4) is 0 Å². The van der Waals surface area contributed by atoms with Gasteiger partial charge in [0.25, 0.3) is 5.91 Å². The summed E-state index contributed by atoms with van der Waals surface area (Å²) in [5, 5.41) is 3.52. The molecule has 4 saturated carbocycles. The summed E-state index contributed by atoms with van der Waals surface area (Å²) in [6.07, 6.45) is 10.8. The number of rotatable bonds is 3. The molecule has 1 saturated heterocycles. The van der Waals surface area contributed by atoms with Gasteiger partial charge in [-0.15, -0.1) is 0 Å². The zero-order valence-electron chi connectivity index (χ0n) is 13.5. The molecule has 21 heavy (non-hydrogen) atoms. The quantitative estimate of drug-likeness (QED) is 0.809. The van der Waals surface area contributed by atoms with Gasteiger partial charge in [-0.05, 0) is 75.0 Å². The third-order valence-corrected chi connectivity index (χ3v) is 6.83. The number of carbonyl (C=O) groups excluding carboxylic acids is 1. The van der Waals surface area contributed by atoms with E-state index in [2.05, 4.69) is 12.2 Å². The molecule has 4 aliphatic carbocycles. The number of piperidine rings is 1. The molecule has 2 N–H and O–H groups in total. The molecule has 0 aromatic rings. The van der Waals surface area contributed by atoms with Gasteiger partial charge in [0.15, 0.2) is 6.54 Å². The zero-order chi connectivity index (χ0) is 14.4. The minimum atomic E-state index is 0.203. The lowest BCUT2D eigenvalue weighted by Gasteiger charge is -2.56. The summed E-state index contributed by atoms with van der Waals surface area (Å²) in [7, 11) is 0. The molecule has 4 bridgehead atoms. The molecule has 0 atom stereocenters. The summed E-state index contributed by atoms with van der Waals surface area (Å²) in [5.74, 6) is 3.95. The van der Waals surface area contributed by atoms with Crippen molar-refractivity contribution in [1.82, 2.24) is 5.32 Å². The van der Waals surface area contributed by atoms with Crippen LogP contribution >= 0.6 is 0 Å². The summed E-state index contributed by atoms with van der Waals surface area (Å²) in [6.45, 7) is 5.44. The van der Waals surface area contributed by atoms with Crippen LogP contribution in [0.25, 0.3) is 0 Å². The van der Waals surface area contributed by atoms with E-state index >= 15 is 0 Å². The van der Waals surface area contributed by atoms with E-state index in [1.54, 1.807) is 0 Å². The van der Waals surface area contributed by atoms with Crippen molar-refractivity contribution < 1.29 is 9.69 Å². The highest BCUT2D eigenvalue weighted by molar-refractivity contribution is 5.77. The molecular formula is C18H31N2O+. The summed E-state index contributed by atoms with van der Waals surface area (Å²) in [6, 6.07) is 0. The maximum Gasteiger partial charge on any atom is 0.275 e. The first-order chi connectivity index (χ1) is 10.1. The first-order valence-corrected chi connectivity index (χ1v) is 9.25. The standard InChI is InChI=1S/C18H30N2O/c1-13-2-4-20(5-3-13)12-17(21)19-18-9-14-6-15(10-18)8-16(7-14)11-18/h13-16H,2-12H2,1H3,(H,19,21)/p+1. The molecule has 5 fully saturated rings. The molecule has 0 unspecified atom stereocenters. The average Bonchev–Trinajstić information content (AvgIpc) is 2.39. The van der Waals surface area contributed by atoms with E-state index in [0.29, 0.717) is 12.5 Å². The van der Waals surface area contributed by atoms with Crippen LogP contribution in [0.15, 0.2) is 0 Å². The fraction of sp³-hybridized carbons (Fsp3) is 0.944. The topological polar surface area (TPSA) is 33.5 Å². The molecule has 118 valence electrons. The van der Waals surface area contributed by atoms with E-state index in [1.807, 2.05) is 0 Å². The van der Waals surface area contributed by atoms with E-state index in [4.69, 9.17) is 0 Å². The van der Waals surface area contributed by atoms with Crippen LogP contribution in [0.5, 0.6) is 0 Å². The molecule has 0 spiro atoms. The fourth-order valence-electron chi connectivity index (χ4n) is 6.18. The largest absolute Gasteiger partial charge is 0.346 e. The van der Waals surface area contributed by atoms with Crippen LogP contribution in [0, 0.1) is 23.7 Å². The van der Waals surface area contributed by atoms with E-state index in [0.717, 1.165) is 23.7 Å². The van der Waals surface area contributed by atoms with Crippen molar-refractivity contribution >= 4 is 5.91 Å². The Labute approximate surface area is 128 Å². The maximum absolute atomic E-state index is 12.5. The maximum atomic E-state index is 12.5. The van der Waals surface area contributed by atoms with Gasteiger partial charge in [-0.1, -0.05) is 6.92 Å². The van der Waals surface area contributed by atoms with Crippen LogP contribution in [0.2, 0.25) is 0 Å². The van der Waals surface area contributed by atoms with Gasteiger partial charge < -0.3 is 10.2 Å². The highest BCUT2D eigenvalue weighted by Crippen LogP contribution is 2.55. The van der Waals surface area contributed by atoms with Gasteiger partial charge in [0.05, 0.1) is 13.1 Å². The molecular weight excluding hydrogens is 260 g/mol. The molecule has 1 amide bonds. The van der Waals surface area contributed by atoms with Crippen molar-refractivity contribution in [3.05, 3.63) is 0 Å². The number of quaternary nitrogens is 1. The smallest absolute Gasteiger partial charge is 0.275 e. The van der Waals surface area contributed by atoms with Crippen molar-refractivity contribution in [1.29, 1.82) is 0 Å². The number of amides is 1. The van der Waals surface area contributed by atoms with E-state index in [-0.39, 0.29) is 5.54 Å². The van der Waals surface area contributed by atoms with E-state index in [1.165, 1.54) is 69.4 Å². The second-order valence-electron chi connectivity index (χ2n) is 8.86.